The average molecular weight is 202 g/mol. The Morgan fingerprint density at radius 3 is 2.69 bits per heavy atom. The van der Waals surface area contributed by atoms with Gasteiger partial charge >= 0.3 is 0 Å². The maximum absolute atomic E-state index is 5.99. The lowest BCUT2D eigenvalue weighted by Gasteiger charge is -2.09. The number of halogens is 1. The van der Waals surface area contributed by atoms with Gasteiger partial charge in [0, 0.05) is 6.54 Å². The zero-order chi connectivity index (χ0) is 9.84. The summed E-state index contributed by atoms with van der Waals surface area (Å²) in [5.41, 5.74) is 1.06. The quantitative estimate of drug-likeness (QED) is 0.739. The molecule has 0 N–H and O–H groups in total. The van der Waals surface area contributed by atoms with Gasteiger partial charge in [-0.3, -0.25) is 4.68 Å². The summed E-state index contributed by atoms with van der Waals surface area (Å²) in [6.07, 6.45) is 0.939. The smallest absolute Gasteiger partial charge is 0.127 e. The SMILES string of the molecule is CCc1cc(Cl)n(CCN(C)C)n1. The van der Waals surface area contributed by atoms with Crippen molar-refractivity contribution in [1.82, 2.24) is 14.7 Å². The fourth-order valence-electron chi connectivity index (χ4n) is 1.07. The summed E-state index contributed by atoms with van der Waals surface area (Å²) < 4.78 is 1.85. The van der Waals surface area contributed by atoms with Crippen molar-refractivity contribution in [2.45, 2.75) is 19.9 Å². The first kappa shape index (κ1) is 10.5. The van der Waals surface area contributed by atoms with Crippen molar-refractivity contribution in [2.24, 2.45) is 0 Å². The van der Waals surface area contributed by atoms with Gasteiger partial charge in [-0.25, -0.2) is 0 Å². The molecule has 1 heterocycles. The Bertz CT molecular complexity index is 268. The summed E-state index contributed by atoms with van der Waals surface area (Å²) in [5.74, 6) is 0. The van der Waals surface area contributed by atoms with Gasteiger partial charge in [-0.2, -0.15) is 5.10 Å². The van der Waals surface area contributed by atoms with Crippen molar-refractivity contribution in [3.63, 3.8) is 0 Å². The minimum absolute atomic E-state index is 0.735. The summed E-state index contributed by atoms with van der Waals surface area (Å²) in [6, 6.07) is 1.93. The van der Waals surface area contributed by atoms with Gasteiger partial charge in [0.2, 0.25) is 0 Å². The first-order valence-electron chi connectivity index (χ1n) is 4.50. The number of aryl methyl sites for hydroxylation is 1. The number of likely N-dealkylation sites (N-methyl/N-ethyl adjacent to an activating group) is 1. The largest absolute Gasteiger partial charge is 0.308 e. The Labute approximate surface area is 84.3 Å². The highest BCUT2D eigenvalue weighted by molar-refractivity contribution is 6.29. The highest BCUT2D eigenvalue weighted by atomic mass is 35.5. The molecule has 1 aromatic rings. The van der Waals surface area contributed by atoms with E-state index in [0.717, 1.165) is 30.4 Å². The van der Waals surface area contributed by atoms with Crippen molar-refractivity contribution in [3.05, 3.63) is 16.9 Å². The number of hydrogen-bond donors (Lipinski definition) is 0. The predicted molar refractivity (Wildman–Crippen MR) is 55.2 cm³/mol. The van der Waals surface area contributed by atoms with E-state index in [2.05, 4.69) is 16.9 Å². The van der Waals surface area contributed by atoms with Crippen LogP contribution in [0.15, 0.2) is 6.07 Å². The molecule has 3 nitrogen and oxygen atoms in total. The molecule has 0 atom stereocenters. The highest BCUT2D eigenvalue weighted by Gasteiger charge is 2.03. The molecule has 0 aliphatic rings. The molecule has 0 saturated heterocycles. The molecule has 0 aliphatic carbocycles. The van der Waals surface area contributed by atoms with Crippen LogP contribution < -0.4 is 0 Å². The van der Waals surface area contributed by atoms with Gasteiger partial charge in [0.25, 0.3) is 0 Å². The third-order valence-electron chi connectivity index (χ3n) is 1.90. The van der Waals surface area contributed by atoms with Crippen molar-refractivity contribution < 1.29 is 0 Å². The second-order valence-electron chi connectivity index (χ2n) is 3.34. The molecule has 1 aromatic heterocycles. The molecule has 0 aromatic carbocycles. The molecule has 0 aliphatic heterocycles. The van der Waals surface area contributed by atoms with Crippen LogP contribution in [0.5, 0.6) is 0 Å². The molecule has 0 amide bonds. The van der Waals surface area contributed by atoms with Gasteiger partial charge in [0.15, 0.2) is 0 Å². The lowest BCUT2D eigenvalue weighted by molar-refractivity contribution is 0.373. The van der Waals surface area contributed by atoms with E-state index in [4.69, 9.17) is 11.6 Å². The number of nitrogens with zero attached hydrogens (tertiary/aromatic N) is 3. The molecule has 0 spiro atoms. The van der Waals surface area contributed by atoms with Gasteiger partial charge < -0.3 is 4.90 Å². The molecule has 13 heavy (non-hydrogen) atoms. The average Bonchev–Trinajstić information content (AvgIpc) is 2.43. The van der Waals surface area contributed by atoms with Crippen molar-refractivity contribution in [3.8, 4) is 0 Å². The van der Waals surface area contributed by atoms with Crippen LogP contribution >= 0.6 is 11.6 Å². The molecule has 0 unspecified atom stereocenters. The van der Waals surface area contributed by atoms with E-state index >= 15 is 0 Å². The molecule has 0 radical (unpaired) electrons. The second-order valence-corrected chi connectivity index (χ2v) is 3.73. The molecule has 0 saturated carbocycles. The molecular weight excluding hydrogens is 186 g/mol. The summed E-state index contributed by atoms with van der Waals surface area (Å²) in [4.78, 5) is 2.11. The van der Waals surface area contributed by atoms with E-state index in [1.165, 1.54) is 0 Å². The van der Waals surface area contributed by atoms with Crippen LogP contribution in [0.2, 0.25) is 5.15 Å². The fraction of sp³-hybridized carbons (Fsp3) is 0.667. The number of rotatable bonds is 4. The van der Waals surface area contributed by atoms with Crippen LogP contribution in [0.25, 0.3) is 0 Å². The monoisotopic (exact) mass is 201 g/mol. The van der Waals surface area contributed by atoms with Crippen LogP contribution in [0.1, 0.15) is 12.6 Å². The zero-order valence-electron chi connectivity index (χ0n) is 8.42. The minimum Gasteiger partial charge on any atom is -0.308 e. The first-order valence-corrected chi connectivity index (χ1v) is 4.88. The number of hydrogen-bond acceptors (Lipinski definition) is 2. The van der Waals surface area contributed by atoms with E-state index in [-0.39, 0.29) is 0 Å². The normalized spacial score (nSPS) is 11.2. The summed E-state index contributed by atoms with van der Waals surface area (Å²) in [6.45, 7) is 3.89. The Morgan fingerprint density at radius 1 is 1.54 bits per heavy atom. The Balaban J connectivity index is 2.60. The Morgan fingerprint density at radius 2 is 2.23 bits per heavy atom. The van der Waals surface area contributed by atoms with Crippen molar-refractivity contribution in [1.29, 1.82) is 0 Å². The van der Waals surface area contributed by atoms with Gasteiger partial charge in [0.1, 0.15) is 5.15 Å². The first-order chi connectivity index (χ1) is 6.13. The maximum atomic E-state index is 5.99. The van der Waals surface area contributed by atoms with E-state index in [9.17, 15) is 0 Å². The van der Waals surface area contributed by atoms with Gasteiger partial charge in [-0.15, -0.1) is 0 Å². The molecule has 0 fully saturated rings. The van der Waals surface area contributed by atoms with E-state index in [1.54, 1.807) is 0 Å². The Kier molecular flexibility index (Phi) is 3.75. The predicted octanol–water partition coefficient (Wildman–Crippen LogP) is 1.66. The third kappa shape index (κ3) is 3.01. The van der Waals surface area contributed by atoms with Crippen LogP contribution in [0.3, 0.4) is 0 Å². The topological polar surface area (TPSA) is 21.1 Å². The van der Waals surface area contributed by atoms with Crippen LogP contribution in [-0.4, -0.2) is 35.3 Å². The third-order valence-corrected chi connectivity index (χ3v) is 2.21. The number of aromatic nitrogens is 2. The van der Waals surface area contributed by atoms with E-state index in [1.807, 2.05) is 24.8 Å². The van der Waals surface area contributed by atoms with Crippen LogP contribution in [0.4, 0.5) is 0 Å². The summed E-state index contributed by atoms with van der Waals surface area (Å²) >= 11 is 5.99. The van der Waals surface area contributed by atoms with Crippen LogP contribution in [0, 0.1) is 0 Å². The van der Waals surface area contributed by atoms with Crippen molar-refractivity contribution >= 4 is 11.6 Å². The molecule has 74 valence electrons. The second kappa shape index (κ2) is 4.63. The standard InChI is InChI=1S/C9H16ClN3/c1-4-8-7-9(10)13(11-8)6-5-12(2)3/h7H,4-6H2,1-3H3. The Hall–Kier alpha value is -0.540. The molecule has 4 heteroatoms. The lowest BCUT2D eigenvalue weighted by Crippen LogP contribution is -2.19. The van der Waals surface area contributed by atoms with Crippen LogP contribution in [-0.2, 0) is 13.0 Å². The highest BCUT2D eigenvalue weighted by Crippen LogP contribution is 2.10. The van der Waals surface area contributed by atoms with Gasteiger partial charge in [-0.05, 0) is 26.6 Å². The lowest BCUT2D eigenvalue weighted by atomic mass is 10.3. The summed E-state index contributed by atoms with van der Waals surface area (Å²) in [5, 5.41) is 5.09. The van der Waals surface area contributed by atoms with Gasteiger partial charge in [-0.1, -0.05) is 18.5 Å². The molecule has 0 bridgehead atoms. The minimum atomic E-state index is 0.735. The molecule has 1 rings (SSSR count). The van der Waals surface area contributed by atoms with Crippen molar-refractivity contribution in [2.75, 3.05) is 20.6 Å². The van der Waals surface area contributed by atoms with Gasteiger partial charge in [0.05, 0.1) is 12.2 Å². The fourth-order valence-corrected chi connectivity index (χ4v) is 1.32. The van der Waals surface area contributed by atoms with E-state index in [0.29, 0.717) is 0 Å². The summed E-state index contributed by atoms with van der Waals surface area (Å²) in [7, 11) is 4.08. The zero-order valence-corrected chi connectivity index (χ0v) is 9.17. The molecular formula is C9H16ClN3. The van der Waals surface area contributed by atoms with E-state index < -0.39 is 0 Å². The maximum Gasteiger partial charge on any atom is 0.127 e.